The van der Waals surface area contributed by atoms with Gasteiger partial charge < -0.3 is 5.32 Å². The Labute approximate surface area is 173 Å². The number of benzene rings is 1. The fourth-order valence-corrected chi connectivity index (χ4v) is 6.60. The zero-order valence-electron chi connectivity index (χ0n) is 17.7. The van der Waals surface area contributed by atoms with Crippen molar-refractivity contribution in [3.63, 3.8) is 0 Å². The van der Waals surface area contributed by atoms with Crippen LogP contribution in [-0.4, -0.2) is 12.5 Å². The third-order valence-corrected chi connectivity index (χ3v) is 8.44. The third kappa shape index (κ3) is 3.32. The molecule has 1 N–H and O–H groups in total. The molecule has 1 heterocycles. The Bertz CT molecular complexity index is 855. The van der Waals surface area contributed by atoms with E-state index < -0.39 is 0 Å². The van der Waals surface area contributed by atoms with Gasteiger partial charge in [-0.25, -0.2) is 0 Å². The predicted octanol–water partition coefficient (Wildman–Crippen LogP) is 6.31. The number of amides is 1. The number of carbonyl (C=O) groups excluding carboxylic acids is 1. The highest BCUT2D eigenvalue weighted by Crippen LogP contribution is 2.57. The fourth-order valence-electron chi connectivity index (χ4n) is 5.96. The summed E-state index contributed by atoms with van der Waals surface area (Å²) in [5.41, 5.74) is 4.98. The van der Waals surface area contributed by atoms with E-state index in [-0.39, 0.29) is 16.7 Å². The van der Waals surface area contributed by atoms with E-state index in [1.807, 2.05) is 17.5 Å². The lowest BCUT2D eigenvalue weighted by Crippen LogP contribution is -2.53. The van der Waals surface area contributed by atoms with Crippen molar-refractivity contribution in [2.45, 2.75) is 71.1 Å². The molecule has 1 aromatic heterocycles. The summed E-state index contributed by atoms with van der Waals surface area (Å²) in [5.74, 6) is 1.27. The number of aryl methyl sites for hydroxylation is 1. The molecule has 0 bridgehead atoms. The summed E-state index contributed by atoms with van der Waals surface area (Å²) < 4.78 is 0. The molecule has 150 valence electrons. The average molecular weight is 396 g/mol. The Balaban J connectivity index is 1.61. The Morgan fingerprint density at radius 3 is 2.79 bits per heavy atom. The standard InChI is InChI=1S/C25H33NOS/c1-17(2)19-9-8-18-10-11-22-24(3,12-6-13-25(22,4)20(18)15-19)16-26-23(27)21-7-5-14-28-21/h5,7-9,14-15,17,22H,6,10-13,16H2,1-4H3,(H,26,27)/t22-,24-,25+/m0/s1. The van der Waals surface area contributed by atoms with Gasteiger partial charge in [0.1, 0.15) is 0 Å². The van der Waals surface area contributed by atoms with Gasteiger partial charge in [-0.2, -0.15) is 0 Å². The Morgan fingerprint density at radius 2 is 2.07 bits per heavy atom. The van der Waals surface area contributed by atoms with E-state index in [0.29, 0.717) is 11.8 Å². The first-order valence-corrected chi connectivity index (χ1v) is 11.7. The van der Waals surface area contributed by atoms with Crippen LogP contribution in [0.2, 0.25) is 0 Å². The van der Waals surface area contributed by atoms with E-state index in [0.717, 1.165) is 11.4 Å². The van der Waals surface area contributed by atoms with Crippen LogP contribution in [0.5, 0.6) is 0 Å². The van der Waals surface area contributed by atoms with Gasteiger partial charge in [0, 0.05) is 6.54 Å². The highest BCUT2D eigenvalue weighted by Gasteiger charge is 2.51. The maximum absolute atomic E-state index is 12.5. The van der Waals surface area contributed by atoms with Gasteiger partial charge in [0.25, 0.3) is 5.91 Å². The van der Waals surface area contributed by atoms with Gasteiger partial charge in [0.2, 0.25) is 0 Å². The third-order valence-electron chi connectivity index (χ3n) is 7.57. The summed E-state index contributed by atoms with van der Waals surface area (Å²) in [5, 5.41) is 5.24. The molecule has 0 radical (unpaired) electrons. The molecule has 0 saturated heterocycles. The zero-order chi connectivity index (χ0) is 19.9. The van der Waals surface area contributed by atoms with Crippen LogP contribution in [0.1, 0.15) is 85.7 Å². The summed E-state index contributed by atoms with van der Waals surface area (Å²) in [4.78, 5) is 13.4. The molecule has 1 amide bonds. The van der Waals surface area contributed by atoms with E-state index in [4.69, 9.17) is 0 Å². The molecule has 0 spiro atoms. The average Bonchev–Trinajstić information content (AvgIpc) is 3.20. The van der Waals surface area contributed by atoms with Gasteiger partial charge in [-0.15, -0.1) is 11.3 Å². The van der Waals surface area contributed by atoms with Gasteiger partial charge in [0.15, 0.2) is 0 Å². The summed E-state index contributed by atoms with van der Waals surface area (Å²) in [6, 6.07) is 11.1. The number of nitrogens with one attached hydrogen (secondary N) is 1. The fraction of sp³-hybridized carbons (Fsp3) is 0.560. The molecule has 0 unspecified atom stereocenters. The van der Waals surface area contributed by atoms with Crippen molar-refractivity contribution >= 4 is 17.2 Å². The van der Waals surface area contributed by atoms with E-state index in [1.165, 1.54) is 49.0 Å². The molecule has 3 heteroatoms. The number of fused-ring (bicyclic) bond motifs is 3. The molecule has 1 aromatic carbocycles. The van der Waals surface area contributed by atoms with Crippen LogP contribution in [0, 0.1) is 11.3 Å². The maximum atomic E-state index is 12.5. The molecular formula is C25H33NOS. The molecule has 4 rings (SSSR count). The van der Waals surface area contributed by atoms with Crippen LogP contribution in [0.4, 0.5) is 0 Å². The van der Waals surface area contributed by atoms with Crippen molar-refractivity contribution in [2.75, 3.05) is 6.54 Å². The predicted molar refractivity (Wildman–Crippen MR) is 118 cm³/mol. The number of carbonyl (C=O) groups is 1. The molecule has 2 aliphatic rings. The summed E-state index contributed by atoms with van der Waals surface area (Å²) in [6.07, 6.45) is 6.11. The molecule has 2 nitrogen and oxygen atoms in total. The maximum Gasteiger partial charge on any atom is 0.261 e. The van der Waals surface area contributed by atoms with Crippen LogP contribution in [0.25, 0.3) is 0 Å². The number of rotatable bonds is 4. The molecule has 28 heavy (non-hydrogen) atoms. The van der Waals surface area contributed by atoms with Crippen molar-refractivity contribution in [1.82, 2.24) is 5.32 Å². The minimum atomic E-state index is 0.0850. The zero-order valence-corrected chi connectivity index (χ0v) is 18.5. The summed E-state index contributed by atoms with van der Waals surface area (Å²) in [6.45, 7) is 10.3. The second kappa shape index (κ2) is 7.33. The SMILES string of the molecule is CC(C)c1ccc2c(c1)[C@@]1(C)CCC[C@@](C)(CNC(=O)c3cccs3)[C@@H]1CC2. The first-order valence-electron chi connectivity index (χ1n) is 10.8. The molecule has 3 atom stereocenters. The quantitative estimate of drug-likeness (QED) is 0.645. The number of hydrogen-bond donors (Lipinski definition) is 1. The van der Waals surface area contributed by atoms with Gasteiger partial charge in [-0.3, -0.25) is 4.79 Å². The van der Waals surface area contributed by atoms with Crippen molar-refractivity contribution in [3.05, 3.63) is 57.3 Å². The number of hydrogen-bond acceptors (Lipinski definition) is 2. The normalized spacial score (nSPS) is 29.2. The van der Waals surface area contributed by atoms with Gasteiger partial charge >= 0.3 is 0 Å². The largest absolute Gasteiger partial charge is 0.351 e. The lowest BCUT2D eigenvalue weighted by molar-refractivity contribution is 0.0254. The number of thiophene rings is 1. The molecule has 0 aliphatic heterocycles. The van der Waals surface area contributed by atoms with E-state index in [1.54, 1.807) is 11.1 Å². The van der Waals surface area contributed by atoms with Crippen molar-refractivity contribution in [1.29, 1.82) is 0 Å². The molecule has 1 saturated carbocycles. The van der Waals surface area contributed by atoms with Crippen LogP contribution < -0.4 is 5.32 Å². The molecule has 2 aliphatic carbocycles. The Hall–Kier alpha value is -1.61. The molecule has 1 fully saturated rings. The van der Waals surface area contributed by atoms with Crippen molar-refractivity contribution < 1.29 is 4.79 Å². The van der Waals surface area contributed by atoms with Crippen LogP contribution in [0.15, 0.2) is 35.7 Å². The minimum absolute atomic E-state index is 0.0850. The topological polar surface area (TPSA) is 29.1 Å². The summed E-state index contributed by atoms with van der Waals surface area (Å²) >= 11 is 1.52. The highest BCUT2D eigenvalue weighted by atomic mass is 32.1. The lowest BCUT2D eigenvalue weighted by Gasteiger charge is -2.55. The van der Waals surface area contributed by atoms with Crippen LogP contribution in [0.3, 0.4) is 0 Å². The second-order valence-corrected chi connectivity index (χ2v) is 10.7. The van der Waals surface area contributed by atoms with Crippen molar-refractivity contribution in [3.8, 4) is 0 Å². The van der Waals surface area contributed by atoms with Gasteiger partial charge in [-0.05, 0) is 76.5 Å². The molecule has 2 aromatic rings. The van der Waals surface area contributed by atoms with E-state index in [2.05, 4.69) is 51.2 Å². The van der Waals surface area contributed by atoms with E-state index in [9.17, 15) is 4.79 Å². The minimum Gasteiger partial charge on any atom is -0.351 e. The first kappa shape index (κ1) is 19.7. The molecular weight excluding hydrogens is 362 g/mol. The van der Waals surface area contributed by atoms with Gasteiger partial charge in [0.05, 0.1) is 4.88 Å². The highest BCUT2D eigenvalue weighted by molar-refractivity contribution is 7.12. The second-order valence-electron chi connectivity index (χ2n) is 9.75. The van der Waals surface area contributed by atoms with Gasteiger partial charge in [-0.1, -0.05) is 58.4 Å². The summed E-state index contributed by atoms with van der Waals surface area (Å²) in [7, 11) is 0. The first-order chi connectivity index (χ1) is 13.3. The van der Waals surface area contributed by atoms with Crippen LogP contribution >= 0.6 is 11.3 Å². The monoisotopic (exact) mass is 395 g/mol. The lowest BCUT2D eigenvalue weighted by atomic mass is 9.49. The smallest absolute Gasteiger partial charge is 0.261 e. The Kier molecular flexibility index (Phi) is 5.16. The van der Waals surface area contributed by atoms with Crippen LogP contribution in [-0.2, 0) is 11.8 Å². The Morgan fingerprint density at radius 1 is 1.25 bits per heavy atom. The van der Waals surface area contributed by atoms with Crippen molar-refractivity contribution in [2.24, 2.45) is 11.3 Å². The van der Waals surface area contributed by atoms with E-state index >= 15 is 0 Å².